The van der Waals surface area contributed by atoms with Crippen molar-refractivity contribution in [3.8, 4) is 9.88 Å². The fourth-order valence-corrected chi connectivity index (χ4v) is 4.61. The Balaban J connectivity index is 1.47. The first-order valence-electron chi connectivity index (χ1n) is 7.55. The summed E-state index contributed by atoms with van der Waals surface area (Å²) >= 11 is 4.94. The van der Waals surface area contributed by atoms with Gasteiger partial charge >= 0.3 is 0 Å². The van der Waals surface area contributed by atoms with E-state index in [2.05, 4.69) is 34.1 Å². The maximum absolute atomic E-state index is 12.0. The third-order valence-electron chi connectivity index (χ3n) is 3.56. The molecule has 0 aliphatic carbocycles. The molecule has 0 radical (unpaired) electrons. The van der Waals surface area contributed by atoms with E-state index in [4.69, 9.17) is 0 Å². The summed E-state index contributed by atoms with van der Waals surface area (Å²) in [6, 6.07) is 10.1. The van der Waals surface area contributed by atoms with Crippen molar-refractivity contribution in [2.75, 3.05) is 11.1 Å². The number of anilines is 1. The van der Waals surface area contributed by atoms with Gasteiger partial charge in [0.25, 0.3) is 0 Å². The lowest BCUT2D eigenvalue weighted by atomic mass is 10.1. The number of thiophene rings is 1. The minimum atomic E-state index is 0.0250. The molecule has 2 heterocycles. The van der Waals surface area contributed by atoms with Crippen LogP contribution in [0.2, 0.25) is 0 Å². The van der Waals surface area contributed by atoms with Crippen LogP contribution in [0.15, 0.2) is 41.1 Å². The summed E-state index contributed by atoms with van der Waals surface area (Å²) in [6.07, 6.45) is 0. The molecule has 1 amide bonds. The number of thioether (sulfide) groups is 1. The van der Waals surface area contributed by atoms with Gasteiger partial charge in [0, 0.05) is 16.8 Å². The van der Waals surface area contributed by atoms with Crippen molar-refractivity contribution in [1.82, 2.24) is 4.98 Å². The fraction of sp³-hybridized carbons (Fsp3) is 0.222. The lowest BCUT2D eigenvalue weighted by Gasteiger charge is -2.07. The van der Waals surface area contributed by atoms with Gasteiger partial charge in [-0.25, -0.2) is 4.98 Å². The molecule has 0 fully saturated rings. The van der Waals surface area contributed by atoms with Gasteiger partial charge in [-0.2, -0.15) is 0 Å². The molecule has 0 saturated carbocycles. The average Bonchev–Trinajstić information content (AvgIpc) is 3.22. The maximum Gasteiger partial charge on any atom is 0.234 e. The third kappa shape index (κ3) is 4.47. The molecule has 124 valence electrons. The summed E-state index contributed by atoms with van der Waals surface area (Å²) < 4.78 is 0. The zero-order valence-electron chi connectivity index (χ0n) is 13.5. The monoisotopic (exact) mass is 374 g/mol. The minimum Gasteiger partial charge on any atom is -0.325 e. The molecule has 3 rings (SSSR count). The Hall–Kier alpha value is -1.63. The Morgan fingerprint density at radius 1 is 1.21 bits per heavy atom. The largest absolute Gasteiger partial charge is 0.325 e. The van der Waals surface area contributed by atoms with E-state index in [1.807, 2.05) is 31.2 Å². The molecule has 24 heavy (non-hydrogen) atoms. The fourth-order valence-electron chi connectivity index (χ4n) is 2.15. The molecule has 0 aliphatic heterocycles. The lowest BCUT2D eigenvalue weighted by molar-refractivity contribution is -0.113. The molecule has 0 aliphatic rings. The molecule has 0 bridgehead atoms. The van der Waals surface area contributed by atoms with E-state index in [0.717, 1.165) is 22.1 Å². The molecule has 0 saturated heterocycles. The molecule has 0 unspecified atom stereocenters. The van der Waals surface area contributed by atoms with Crippen molar-refractivity contribution >= 4 is 46.0 Å². The first-order valence-corrected chi connectivity index (χ1v) is 10.5. The SMILES string of the molecule is Cc1ccc(NC(=O)CSCc2csc(-c3cccs3)n2)cc1C. The van der Waals surface area contributed by atoms with E-state index in [0.29, 0.717) is 5.75 Å². The number of hydrogen-bond acceptors (Lipinski definition) is 5. The van der Waals surface area contributed by atoms with Crippen LogP contribution in [-0.4, -0.2) is 16.6 Å². The second-order valence-corrected chi connectivity index (χ2v) is 8.25. The smallest absolute Gasteiger partial charge is 0.234 e. The molecular weight excluding hydrogens is 356 g/mol. The highest BCUT2D eigenvalue weighted by molar-refractivity contribution is 7.99. The van der Waals surface area contributed by atoms with Gasteiger partial charge in [0.2, 0.25) is 5.91 Å². The van der Waals surface area contributed by atoms with Crippen LogP contribution in [0.4, 0.5) is 5.69 Å². The van der Waals surface area contributed by atoms with Gasteiger partial charge in [-0.05, 0) is 48.6 Å². The predicted molar refractivity (Wildman–Crippen MR) is 106 cm³/mol. The number of aromatic nitrogens is 1. The van der Waals surface area contributed by atoms with Crippen molar-refractivity contribution in [2.24, 2.45) is 0 Å². The van der Waals surface area contributed by atoms with Gasteiger partial charge in [-0.1, -0.05) is 12.1 Å². The van der Waals surface area contributed by atoms with E-state index in [9.17, 15) is 4.79 Å². The van der Waals surface area contributed by atoms with Crippen molar-refractivity contribution in [2.45, 2.75) is 19.6 Å². The zero-order valence-corrected chi connectivity index (χ0v) is 16.0. The molecule has 0 atom stereocenters. The molecular formula is C18H18N2OS3. The van der Waals surface area contributed by atoms with Crippen molar-refractivity contribution in [3.05, 3.63) is 57.9 Å². The number of benzene rings is 1. The summed E-state index contributed by atoms with van der Waals surface area (Å²) in [5, 5.41) is 8.13. The van der Waals surface area contributed by atoms with Crippen LogP contribution in [0.1, 0.15) is 16.8 Å². The molecule has 1 N–H and O–H groups in total. The standard InChI is InChI=1S/C18H18N2OS3/c1-12-5-6-14(8-13(12)2)19-17(21)11-22-9-15-10-24-18(20-15)16-4-3-7-23-16/h3-8,10H,9,11H2,1-2H3,(H,19,21). The summed E-state index contributed by atoms with van der Waals surface area (Å²) in [5.41, 5.74) is 4.31. The first-order chi connectivity index (χ1) is 11.6. The first kappa shape index (κ1) is 17.2. The second kappa shape index (κ2) is 7.96. The van der Waals surface area contributed by atoms with E-state index >= 15 is 0 Å². The van der Waals surface area contributed by atoms with Crippen LogP contribution in [0.3, 0.4) is 0 Å². The summed E-state index contributed by atoms with van der Waals surface area (Å²) in [4.78, 5) is 17.9. The second-order valence-electron chi connectivity index (χ2n) is 5.46. The highest BCUT2D eigenvalue weighted by Gasteiger charge is 2.08. The van der Waals surface area contributed by atoms with Crippen LogP contribution in [0, 0.1) is 13.8 Å². The number of carbonyl (C=O) groups excluding carboxylic acids is 1. The molecule has 3 nitrogen and oxygen atoms in total. The van der Waals surface area contributed by atoms with Crippen molar-refractivity contribution in [1.29, 1.82) is 0 Å². The lowest BCUT2D eigenvalue weighted by Crippen LogP contribution is -2.14. The van der Waals surface area contributed by atoms with Crippen molar-refractivity contribution in [3.63, 3.8) is 0 Å². The molecule has 1 aromatic carbocycles. The Bertz CT molecular complexity index is 825. The minimum absolute atomic E-state index is 0.0250. The average molecular weight is 375 g/mol. The number of aryl methyl sites for hydroxylation is 2. The summed E-state index contributed by atoms with van der Waals surface area (Å²) in [7, 11) is 0. The predicted octanol–water partition coefficient (Wildman–Crippen LogP) is 5.36. The Labute approximate surface area is 154 Å². The van der Waals surface area contributed by atoms with E-state index < -0.39 is 0 Å². The molecule has 0 spiro atoms. The topological polar surface area (TPSA) is 42.0 Å². The quantitative estimate of drug-likeness (QED) is 0.631. The number of amides is 1. The van der Waals surface area contributed by atoms with Crippen LogP contribution in [-0.2, 0) is 10.5 Å². The van der Waals surface area contributed by atoms with Crippen molar-refractivity contribution < 1.29 is 4.79 Å². The number of thiazole rings is 1. The van der Waals surface area contributed by atoms with Gasteiger partial charge in [-0.3, -0.25) is 4.79 Å². The number of carbonyl (C=O) groups is 1. The number of hydrogen-bond donors (Lipinski definition) is 1. The van der Waals surface area contributed by atoms with Crippen LogP contribution < -0.4 is 5.32 Å². The maximum atomic E-state index is 12.0. The van der Waals surface area contributed by atoms with Gasteiger partial charge in [-0.15, -0.1) is 34.4 Å². The number of nitrogens with one attached hydrogen (secondary N) is 1. The van der Waals surface area contributed by atoms with E-state index in [1.165, 1.54) is 16.0 Å². The zero-order chi connectivity index (χ0) is 16.9. The highest BCUT2D eigenvalue weighted by atomic mass is 32.2. The Morgan fingerprint density at radius 2 is 2.08 bits per heavy atom. The van der Waals surface area contributed by atoms with Gasteiger partial charge in [0.05, 0.1) is 16.3 Å². The van der Waals surface area contributed by atoms with E-state index in [-0.39, 0.29) is 5.91 Å². The Kier molecular flexibility index (Phi) is 5.71. The van der Waals surface area contributed by atoms with Crippen LogP contribution in [0.25, 0.3) is 9.88 Å². The van der Waals surface area contributed by atoms with Gasteiger partial charge in [0.1, 0.15) is 5.01 Å². The van der Waals surface area contributed by atoms with E-state index in [1.54, 1.807) is 34.4 Å². The van der Waals surface area contributed by atoms with Crippen LogP contribution >= 0.6 is 34.4 Å². The normalized spacial score (nSPS) is 10.8. The third-order valence-corrected chi connectivity index (χ3v) is 6.45. The van der Waals surface area contributed by atoms with Gasteiger partial charge < -0.3 is 5.32 Å². The molecule has 3 aromatic rings. The van der Waals surface area contributed by atoms with Gasteiger partial charge in [0.15, 0.2) is 0 Å². The highest BCUT2D eigenvalue weighted by Crippen LogP contribution is 2.28. The summed E-state index contributed by atoms with van der Waals surface area (Å²) in [5.74, 6) is 1.21. The number of rotatable bonds is 6. The van der Waals surface area contributed by atoms with Crippen LogP contribution in [0.5, 0.6) is 0 Å². The molecule has 2 aromatic heterocycles. The summed E-state index contributed by atoms with van der Waals surface area (Å²) in [6.45, 7) is 4.11. The molecule has 6 heteroatoms. The Morgan fingerprint density at radius 3 is 2.83 bits per heavy atom. The number of nitrogens with zero attached hydrogens (tertiary/aromatic N) is 1.